The van der Waals surface area contributed by atoms with Crippen LogP contribution in [0.25, 0.3) is 0 Å². The molecule has 1 aromatic heterocycles. The van der Waals surface area contributed by atoms with Crippen LogP contribution in [-0.4, -0.2) is 11.0 Å². The van der Waals surface area contributed by atoms with Gasteiger partial charge < -0.3 is 5.32 Å². The third-order valence-electron chi connectivity index (χ3n) is 2.31. The summed E-state index contributed by atoms with van der Waals surface area (Å²) in [6.45, 7) is 1.94. The van der Waals surface area contributed by atoms with Gasteiger partial charge in [-0.3, -0.25) is 0 Å². The van der Waals surface area contributed by atoms with Gasteiger partial charge in [-0.25, -0.2) is 9.37 Å². The zero-order valence-corrected chi connectivity index (χ0v) is 9.51. The lowest BCUT2D eigenvalue weighted by Crippen LogP contribution is -2.22. The van der Waals surface area contributed by atoms with Crippen LogP contribution in [0.5, 0.6) is 0 Å². The Morgan fingerprint density at radius 3 is 2.93 bits per heavy atom. The highest BCUT2D eigenvalue weighted by molar-refractivity contribution is 9.10. The molecule has 1 fully saturated rings. The molecule has 1 N–H and O–H groups in total. The quantitative estimate of drug-likeness (QED) is 0.844. The van der Waals surface area contributed by atoms with E-state index in [1.165, 1.54) is 18.9 Å². The van der Waals surface area contributed by atoms with Gasteiger partial charge in [0.25, 0.3) is 0 Å². The first-order chi connectivity index (χ1) is 6.66. The molecule has 76 valence electrons. The van der Waals surface area contributed by atoms with Crippen LogP contribution < -0.4 is 5.32 Å². The summed E-state index contributed by atoms with van der Waals surface area (Å²) in [5.74, 6) is -0.242. The van der Waals surface area contributed by atoms with Crippen LogP contribution in [0.15, 0.2) is 16.7 Å². The van der Waals surface area contributed by atoms with Crippen molar-refractivity contribution in [2.45, 2.75) is 31.8 Å². The lowest BCUT2D eigenvalue weighted by molar-refractivity contribution is 0.509. The molecule has 1 atom stereocenters. The van der Waals surface area contributed by atoms with Gasteiger partial charge in [0.05, 0.1) is 5.69 Å². The summed E-state index contributed by atoms with van der Waals surface area (Å²) in [6, 6.07) is 3.60. The van der Waals surface area contributed by atoms with Crippen molar-refractivity contribution in [3.8, 4) is 0 Å². The smallest absolute Gasteiger partial charge is 0.146 e. The van der Waals surface area contributed by atoms with E-state index < -0.39 is 0 Å². The predicted molar refractivity (Wildman–Crippen MR) is 56.5 cm³/mol. The number of hydrogen-bond acceptors (Lipinski definition) is 2. The first-order valence-corrected chi connectivity index (χ1v) is 5.54. The molecule has 1 saturated carbocycles. The van der Waals surface area contributed by atoms with Gasteiger partial charge >= 0.3 is 0 Å². The molecule has 0 aliphatic heterocycles. The summed E-state index contributed by atoms with van der Waals surface area (Å²) in [4.78, 5) is 4.13. The maximum absolute atomic E-state index is 13.4. The van der Waals surface area contributed by atoms with Crippen molar-refractivity contribution >= 4 is 15.9 Å². The summed E-state index contributed by atoms with van der Waals surface area (Å²) >= 11 is 3.24. The minimum absolute atomic E-state index is 0.0139. The lowest BCUT2D eigenvalue weighted by Gasteiger charge is -2.13. The molecule has 1 aromatic rings. The van der Waals surface area contributed by atoms with Gasteiger partial charge in [0, 0.05) is 12.1 Å². The summed E-state index contributed by atoms with van der Waals surface area (Å²) in [6.07, 6.45) is 2.39. The average Bonchev–Trinajstić information content (AvgIpc) is 2.93. The minimum atomic E-state index is -0.242. The van der Waals surface area contributed by atoms with Gasteiger partial charge in [-0.1, -0.05) is 0 Å². The number of rotatable bonds is 3. The number of aromatic nitrogens is 1. The molecule has 0 aromatic carbocycles. The van der Waals surface area contributed by atoms with Crippen LogP contribution in [-0.2, 0) is 0 Å². The standard InChI is InChI=1S/C10H12BrFN2/c1-6(13-7-2-3-7)10-8(12)4-5-9(11)14-10/h4-7,13H,2-3H2,1H3. The molecule has 0 spiro atoms. The molecular formula is C10H12BrFN2. The van der Waals surface area contributed by atoms with E-state index in [9.17, 15) is 4.39 Å². The van der Waals surface area contributed by atoms with Crippen molar-refractivity contribution in [3.63, 3.8) is 0 Å². The molecular weight excluding hydrogens is 247 g/mol. The molecule has 2 rings (SSSR count). The fraction of sp³-hybridized carbons (Fsp3) is 0.500. The predicted octanol–water partition coefficient (Wildman–Crippen LogP) is 2.80. The SMILES string of the molecule is CC(NC1CC1)c1nc(Br)ccc1F. The summed E-state index contributed by atoms with van der Waals surface area (Å²) in [5, 5.41) is 3.31. The summed E-state index contributed by atoms with van der Waals surface area (Å²) in [5.41, 5.74) is 0.492. The average molecular weight is 259 g/mol. The van der Waals surface area contributed by atoms with Gasteiger partial charge in [-0.15, -0.1) is 0 Å². The molecule has 4 heteroatoms. The van der Waals surface area contributed by atoms with E-state index in [1.807, 2.05) is 6.92 Å². The number of halogens is 2. The minimum Gasteiger partial charge on any atom is -0.306 e. The highest BCUT2D eigenvalue weighted by atomic mass is 79.9. The molecule has 0 saturated heterocycles. The molecule has 1 aliphatic carbocycles. The normalized spacial score (nSPS) is 18.2. The number of hydrogen-bond donors (Lipinski definition) is 1. The third-order valence-corrected chi connectivity index (χ3v) is 2.75. The van der Waals surface area contributed by atoms with Gasteiger partial charge in [0.1, 0.15) is 10.4 Å². The molecule has 14 heavy (non-hydrogen) atoms. The maximum atomic E-state index is 13.4. The molecule has 0 bridgehead atoms. The summed E-state index contributed by atoms with van der Waals surface area (Å²) < 4.78 is 14.0. The van der Waals surface area contributed by atoms with Crippen LogP contribution >= 0.6 is 15.9 Å². The fourth-order valence-electron chi connectivity index (χ4n) is 1.42. The molecule has 1 unspecified atom stereocenters. The molecule has 1 heterocycles. The van der Waals surface area contributed by atoms with Gasteiger partial charge in [-0.2, -0.15) is 0 Å². The van der Waals surface area contributed by atoms with E-state index in [0.717, 1.165) is 0 Å². The largest absolute Gasteiger partial charge is 0.306 e. The Morgan fingerprint density at radius 1 is 1.57 bits per heavy atom. The van der Waals surface area contributed by atoms with Gasteiger partial charge in [0.2, 0.25) is 0 Å². The molecule has 2 nitrogen and oxygen atoms in total. The fourth-order valence-corrected chi connectivity index (χ4v) is 1.74. The first kappa shape index (κ1) is 10.1. The van der Waals surface area contributed by atoms with Gasteiger partial charge in [0.15, 0.2) is 0 Å². The van der Waals surface area contributed by atoms with E-state index in [2.05, 4.69) is 26.2 Å². The van der Waals surface area contributed by atoms with E-state index >= 15 is 0 Å². The topological polar surface area (TPSA) is 24.9 Å². The Bertz CT molecular complexity index is 339. The van der Waals surface area contributed by atoms with Crippen molar-refractivity contribution < 1.29 is 4.39 Å². The zero-order valence-electron chi connectivity index (χ0n) is 7.93. The van der Waals surface area contributed by atoms with Crippen LogP contribution in [0.3, 0.4) is 0 Å². The molecule has 0 radical (unpaired) electrons. The molecule has 1 aliphatic rings. The van der Waals surface area contributed by atoms with Crippen molar-refractivity contribution in [2.75, 3.05) is 0 Å². The van der Waals surface area contributed by atoms with E-state index in [0.29, 0.717) is 16.3 Å². The number of nitrogens with zero attached hydrogens (tertiary/aromatic N) is 1. The Kier molecular flexibility index (Phi) is 2.83. The van der Waals surface area contributed by atoms with E-state index in [1.54, 1.807) is 6.07 Å². The number of pyridine rings is 1. The highest BCUT2D eigenvalue weighted by Gasteiger charge is 2.25. The van der Waals surface area contributed by atoms with Crippen molar-refractivity contribution in [1.82, 2.24) is 10.3 Å². The third kappa shape index (κ3) is 2.30. The van der Waals surface area contributed by atoms with E-state index in [4.69, 9.17) is 0 Å². The number of nitrogens with one attached hydrogen (secondary N) is 1. The molecule has 0 amide bonds. The van der Waals surface area contributed by atoms with Crippen LogP contribution in [0.1, 0.15) is 31.5 Å². The lowest BCUT2D eigenvalue weighted by atomic mass is 10.2. The second-order valence-corrected chi connectivity index (χ2v) is 4.48. The van der Waals surface area contributed by atoms with Crippen LogP contribution in [0.4, 0.5) is 4.39 Å². The Hall–Kier alpha value is -0.480. The second-order valence-electron chi connectivity index (χ2n) is 3.66. The first-order valence-electron chi connectivity index (χ1n) is 4.75. The monoisotopic (exact) mass is 258 g/mol. The van der Waals surface area contributed by atoms with Crippen LogP contribution in [0.2, 0.25) is 0 Å². The van der Waals surface area contributed by atoms with Crippen LogP contribution in [0, 0.1) is 5.82 Å². The Balaban J connectivity index is 2.15. The van der Waals surface area contributed by atoms with Gasteiger partial charge in [-0.05, 0) is 47.8 Å². The van der Waals surface area contributed by atoms with Crippen molar-refractivity contribution in [3.05, 3.63) is 28.2 Å². The van der Waals surface area contributed by atoms with E-state index in [-0.39, 0.29) is 11.9 Å². The van der Waals surface area contributed by atoms with Crippen molar-refractivity contribution in [1.29, 1.82) is 0 Å². The highest BCUT2D eigenvalue weighted by Crippen LogP contribution is 2.24. The Morgan fingerprint density at radius 2 is 2.29 bits per heavy atom. The second kappa shape index (κ2) is 3.95. The maximum Gasteiger partial charge on any atom is 0.146 e. The van der Waals surface area contributed by atoms with Crippen molar-refractivity contribution in [2.24, 2.45) is 0 Å². The zero-order chi connectivity index (χ0) is 10.1. The Labute approximate surface area is 91.1 Å². The summed E-state index contributed by atoms with van der Waals surface area (Å²) in [7, 11) is 0.